The first kappa shape index (κ1) is 6.54. The molecule has 0 radical (unpaired) electrons. The van der Waals surface area contributed by atoms with Gasteiger partial charge in [0.05, 0.1) is 0 Å². The zero-order chi connectivity index (χ0) is 4.83. The van der Waals surface area contributed by atoms with Crippen LogP contribution in [0.25, 0.3) is 0 Å². The molecule has 0 fully saturated rings. The van der Waals surface area contributed by atoms with Crippen LogP contribution < -0.4 is 0 Å². The Morgan fingerprint density at radius 3 is 2.50 bits per heavy atom. The van der Waals surface area contributed by atoms with E-state index >= 15 is 0 Å². The standard InChI is InChI=1S/C4H9.O.Ta/c1-3-4-2;;/h1,3-4H2,2H3;;. The molecule has 0 aliphatic heterocycles. The SMILES string of the molecule is CCC[CH2][Ta]=[O]. The van der Waals surface area contributed by atoms with Gasteiger partial charge in [0.2, 0.25) is 0 Å². The first-order chi connectivity index (χ1) is 2.91. The molecule has 36 valence electrons. The van der Waals surface area contributed by atoms with Crippen LogP contribution in [-0.2, 0) is 23.0 Å². The zero-order valence-electron chi connectivity index (χ0n) is 3.98. The average molecular weight is 254 g/mol. The van der Waals surface area contributed by atoms with Crippen molar-refractivity contribution in [1.82, 2.24) is 0 Å². The van der Waals surface area contributed by atoms with Crippen LogP contribution >= 0.6 is 0 Å². The molecule has 0 saturated carbocycles. The maximum atomic E-state index is 9.87. The molecule has 0 N–H and O–H groups in total. The van der Waals surface area contributed by atoms with Gasteiger partial charge >= 0.3 is 47.4 Å². The molecule has 0 bridgehead atoms. The molecule has 0 atom stereocenters. The Bertz CT molecular complexity index is 36.5. The van der Waals surface area contributed by atoms with Gasteiger partial charge in [0.1, 0.15) is 0 Å². The monoisotopic (exact) mass is 254 g/mol. The molecule has 0 saturated heterocycles. The molecule has 0 amide bonds. The average Bonchev–Trinajstić information content (AvgIpc) is 1.61. The van der Waals surface area contributed by atoms with Crippen molar-refractivity contribution in [3.05, 3.63) is 0 Å². The third kappa shape index (κ3) is 4.54. The molecule has 6 heavy (non-hydrogen) atoms. The van der Waals surface area contributed by atoms with E-state index in [1.54, 1.807) is 0 Å². The summed E-state index contributed by atoms with van der Waals surface area (Å²) in [6, 6.07) is 0. The van der Waals surface area contributed by atoms with Crippen LogP contribution in [0.2, 0.25) is 4.64 Å². The summed E-state index contributed by atoms with van der Waals surface area (Å²) in [5, 5.41) is 0. The van der Waals surface area contributed by atoms with Crippen molar-refractivity contribution in [3.8, 4) is 0 Å². The molecule has 1 nitrogen and oxygen atoms in total. The van der Waals surface area contributed by atoms with E-state index in [2.05, 4.69) is 6.92 Å². The molecule has 0 aliphatic rings. The Kier molecular flexibility index (Phi) is 6.04. The fraction of sp³-hybridized carbons (Fsp3) is 1.00. The van der Waals surface area contributed by atoms with Gasteiger partial charge in [-0.2, -0.15) is 0 Å². The van der Waals surface area contributed by atoms with E-state index in [0.717, 1.165) is 4.64 Å². The number of rotatable bonds is 3. The van der Waals surface area contributed by atoms with Crippen LogP contribution in [0.15, 0.2) is 0 Å². The Labute approximate surface area is 47.8 Å². The van der Waals surface area contributed by atoms with Crippen molar-refractivity contribution >= 4 is 0 Å². The van der Waals surface area contributed by atoms with E-state index in [-0.39, 0.29) is 0 Å². The minimum absolute atomic E-state index is 1.04. The summed E-state index contributed by atoms with van der Waals surface area (Å²) in [4.78, 5) is 0. The van der Waals surface area contributed by atoms with Gasteiger partial charge in [-0.3, -0.25) is 0 Å². The normalized spacial score (nSPS) is 8.17. The van der Waals surface area contributed by atoms with Crippen molar-refractivity contribution in [1.29, 1.82) is 0 Å². The number of hydrogen-bond donors (Lipinski definition) is 0. The topological polar surface area (TPSA) is 17.1 Å². The zero-order valence-corrected chi connectivity index (χ0v) is 7.19. The Hall–Kier alpha value is 0.540. The second-order valence-corrected chi connectivity index (χ2v) is 3.74. The van der Waals surface area contributed by atoms with Crippen LogP contribution in [0, 0.1) is 0 Å². The summed E-state index contributed by atoms with van der Waals surface area (Å²) in [6.07, 6.45) is 2.38. The molecule has 0 unspecified atom stereocenters. The van der Waals surface area contributed by atoms with Gasteiger partial charge in [0.25, 0.3) is 0 Å². The van der Waals surface area contributed by atoms with Gasteiger partial charge in [-0.25, -0.2) is 0 Å². The second kappa shape index (κ2) is 5.54. The Balaban J connectivity index is 2.49. The van der Waals surface area contributed by atoms with E-state index in [1.807, 2.05) is 0 Å². The molecule has 0 aromatic rings. The van der Waals surface area contributed by atoms with E-state index < -0.39 is 19.7 Å². The summed E-state index contributed by atoms with van der Waals surface area (Å²) < 4.78 is 10.9. The van der Waals surface area contributed by atoms with Gasteiger partial charge in [0.15, 0.2) is 0 Å². The first-order valence-corrected chi connectivity index (χ1v) is 5.79. The molecule has 0 heterocycles. The van der Waals surface area contributed by atoms with E-state index in [0.29, 0.717) is 0 Å². The first-order valence-electron chi connectivity index (χ1n) is 2.21. The molecular formula is C4H9OTa. The predicted molar refractivity (Wildman–Crippen MR) is 20.4 cm³/mol. The molecular weight excluding hydrogens is 245 g/mol. The van der Waals surface area contributed by atoms with Crippen molar-refractivity contribution < 1.29 is 23.0 Å². The molecule has 0 spiro atoms. The number of hydrogen-bond acceptors (Lipinski definition) is 1. The molecule has 2 heteroatoms. The van der Waals surface area contributed by atoms with Crippen molar-refractivity contribution in [2.75, 3.05) is 0 Å². The fourth-order valence-corrected chi connectivity index (χ4v) is 1.82. The van der Waals surface area contributed by atoms with Crippen LogP contribution in [0.4, 0.5) is 0 Å². The minimum atomic E-state index is -1.13. The van der Waals surface area contributed by atoms with Gasteiger partial charge < -0.3 is 0 Å². The van der Waals surface area contributed by atoms with Gasteiger partial charge in [-0.1, -0.05) is 0 Å². The van der Waals surface area contributed by atoms with Crippen LogP contribution in [-0.4, -0.2) is 0 Å². The molecule has 0 aromatic carbocycles. The number of unbranched alkanes of at least 4 members (excludes halogenated alkanes) is 1. The van der Waals surface area contributed by atoms with E-state index in [9.17, 15) is 3.25 Å². The van der Waals surface area contributed by atoms with Crippen LogP contribution in [0.3, 0.4) is 0 Å². The van der Waals surface area contributed by atoms with Crippen LogP contribution in [0.5, 0.6) is 0 Å². The third-order valence-corrected chi connectivity index (χ3v) is 2.39. The quantitative estimate of drug-likeness (QED) is 0.699. The molecule has 0 aliphatic carbocycles. The Morgan fingerprint density at radius 1 is 1.67 bits per heavy atom. The fourth-order valence-electron chi connectivity index (χ4n) is 0.223. The maximum absolute atomic E-state index is 9.87. The van der Waals surface area contributed by atoms with Gasteiger partial charge in [-0.15, -0.1) is 0 Å². The summed E-state index contributed by atoms with van der Waals surface area (Å²) in [7, 11) is 0. The van der Waals surface area contributed by atoms with Gasteiger partial charge in [-0.05, 0) is 0 Å². The summed E-state index contributed by atoms with van der Waals surface area (Å²) in [5.41, 5.74) is 0. The third-order valence-electron chi connectivity index (χ3n) is 0.603. The summed E-state index contributed by atoms with van der Waals surface area (Å²) in [5.74, 6) is 0. The Morgan fingerprint density at radius 2 is 2.33 bits per heavy atom. The van der Waals surface area contributed by atoms with Crippen molar-refractivity contribution in [3.63, 3.8) is 0 Å². The summed E-state index contributed by atoms with van der Waals surface area (Å²) in [6.45, 7) is 2.12. The van der Waals surface area contributed by atoms with Crippen molar-refractivity contribution in [2.24, 2.45) is 0 Å². The van der Waals surface area contributed by atoms with Crippen LogP contribution in [0.1, 0.15) is 19.8 Å². The molecule has 0 aromatic heterocycles. The van der Waals surface area contributed by atoms with Crippen molar-refractivity contribution in [2.45, 2.75) is 24.4 Å². The summed E-state index contributed by atoms with van der Waals surface area (Å²) >= 11 is -1.13. The second-order valence-electron chi connectivity index (χ2n) is 1.21. The van der Waals surface area contributed by atoms with Gasteiger partial charge in [0, 0.05) is 0 Å². The molecule has 0 rings (SSSR count). The van der Waals surface area contributed by atoms with E-state index in [4.69, 9.17) is 0 Å². The van der Waals surface area contributed by atoms with E-state index in [1.165, 1.54) is 12.8 Å². The predicted octanol–water partition coefficient (Wildman–Crippen LogP) is 1.63.